The lowest BCUT2D eigenvalue weighted by Crippen LogP contribution is -2.55. The van der Waals surface area contributed by atoms with Crippen LogP contribution in [0.3, 0.4) is 0 Å². The van der Waals surface area contributed by atoms with Crippen LogP contribution in [0.15, 0.2) is 164 Å². The summed E-state index contributed by atoms with van der Waals surface area (Å²) in [6, 6.07) is 60.0. The summed E-state index contributed by atoms with van der Waals surface area (Å²) in [6.07, 6.45) is 0. The molecule has 0 unspecified atom stereocenters. The van der Waals surface area contributed by atoms with Gasteiger partial charge in [0.15, 0.2) is 17.5 Å². The van der Waals surface area contributed by atoms with Crippen LogP contribution in [0.2, 0.25) is 0 Å². The van der Waals surface area contributed by atoms with Crippen molar-refractivity contribution in [2.75, 3.05) is 0 Å². The number of aromatic nitrogens is 5. The SMILES string of the molecule is Cc1c(-c2cccc(-c3nc(-c4ccccc4)nc(-c4ccccc4)n3)c2)cc2c3c1-c1cc(C(C)(C)C)cc4c5cc(C(C)(C)C)ccc5n(c14)B3c1cccc3c4ccccc4n-2c13. The Bertz CT molecular complexity index is 3790. The minimum Gasteiger partial charge on any atom is -0.375 e. The van der Waals surface area contributed by atoms with Crippen molar-refractivity contribution in [3.63, 3.8) is 0 Å². The first-order valence-electron chi connectivity index (χ1n) is 23.2. The molecule has 13 rings (SSSR count). The Labute approximate surface area is 385 Å². The summed E-state index contributed by atoms with van der Waals surface area (Å²) in [5.41, 5.74) is 20.8. The van der Waals surface area contributed by atoms with Gasteiger partial charge in [-0.05, 0) is 105 Å². The third-order valence-electron chi connectivity index (χ3n) is 14.4. The topological polar surface area (TPSA) is 48.5 Å². The fourth-order valence-electron chi connectivity index (χ4n) is 11.1. The van der Waals surface area contributed by atoms with Gasteiger partial charge in [-0.25, -0.2) is 15.0 Å². The van der Waals surface area contributed by atoms with Gasteiger partial charge >= 0.3 is 6.85 Å². The first-order chi connectivity index (χ1) is 31.9. The molecule has 0 N–H and O–H groups in total. The first-order valence-corrected chi connectivity index (χ1v) is 23.2. The van der Waals surface area contributed by atoms with E-state index in [1.54, 1.807) is 0 Å². The molecular formula is C60H48BN5. The van der Waals surface area contributed by atoms with Crippen LogP contribution in [-0.2, 0) is 10.8 Å². The van der Waals surface area contributed by atoms with Gasteiger partial charge in [-0.1, -0.05) is 163 Å². The third kappa shape index (κ3) is 5.57. The van der Waals surface area contributed by atoms with Crippen LogP contribution in [-0.4, -0.2) is 30.8 Å². The van der Waals surface area contributed by atoms with Crippen molar-refractivity contribution >= 4 is 61.4 Å². The molecule has 2 aliphatic heterocycles. The summed E-state index contributed by atoms with van der Waals surface area (Å²) < 4.78 is 5.28. The summed E-state index contributed by atoms with van der Waals surface area (Å²) in [5.74, 6) is 1.95. The zero-order valence-electron chi connectivity index (χ0n) is 38.4. The molecule has 6 heteroatoms. The van der Waals surface area contributed by atoms with Crippen LogP contribution < -0.4 is 10.9 Å². The Balaban J connectivity index is 1.13. The van der Waals surface area contributed by atoms with Crippen LogP contribution in [0.5, 0.6) is 0 Å². The predicted octanol–water partition coefficient (Wildman–Crippen LogP) is 13.6. The molecule has 2 aliphatic rings. The van der Waals surface area contributed by atoms with Crippen molar-refractivity contribution < 1.29 is 0 Å². The molecule has 0 saturated heterocycles. The van der Waals surface area contributed by atoms with Crippen molar-refractivity contribution in [3.05, 3.63) is 180 Å². The van der Waals surface area contributed by atoms with Crippen molar-refractivity contribution in [1.29, 1.82) is 0 Å². The lowest BCUT2D eigenvalue weighted by Gasteiger charge is -2.36. The van der Waals surface area contributed by atoms with Gasteiger partial charge in [0, 0.05) is 60.5 Å². The number of benzene rings is 8. The van der Waals surface area contributed by atoms with E-state index in [9.17, 15) is 0 Å². The zero-order chi connectivity index (χ0) is 44.8. The number of hydrogen-bond acceptors (Lipinski definition) is 3. The lowest BCUT2D eigenvalue weighted by molar-refractivity contribution is 0.590. The molecule has 0 saturated carbocycles. The molecule has 0 atom stereocenters. The molecule has 3 aromatic heterocycles. The lowest BCUT2D eigenvalue weighted by atomic mass is 9.45. The smallest absolute Gasteiger partial charge is 0.333 e. The fraction of sp³-hybridized carbons (Fsp3) is 0.150. The van der Waals surface area contributed by atoms with E-state index in [-0.39, 0.29) is 17.7 Å². The average Bonchev–Trinajstić information content (AvgIpc) is 3.85. The van der Waals surface area contributed by atoms with Gasteiger partial charge in [-0.15, -0.1) is 0 Å². The predicted molar refractivity (Wildman–Crippen MR) is 277 cm³/mol. The van der Waals surface area contributed by atoms with Crippen LogP contribution >= 0.6 is 0 Å². The summed E-state index contributed by atoms with van der Waals surface area (Å²) >= 11 is 0. The van der Waals surface area contributed by atoms with E-state index in [1.807, 2.05) is 36.4 Å². The van der Waals surface area contributed by atoms with E-state index >= 15 is 0 Å². The van der Waals surface area contributed by atoms with Crippen molar-refractivity contribution in [2.45, 2.75) is 59.3 Å². The van der Waals surface area contributed by atoms with Crippen molar-refractivity contribution in [1.82, 2.24) is 24.0 Å². The summed E-state index contributed by atoms with van der Waals surface area (Å²) in [4.78, 5) is 15.3. The van der Waals surface area contributed by atoms with Crippen LogP contribution in [0, 0.1) is 6.92 Å². The van der Waals surface area contributed by atoms with Gasteiger partial charge in [0.25, 0.3) is 0 Å². The number of nitrogens with zero attached hydrogens (tertiary/aromatic N) is 5. The summed E-state index contributed by atoms with van der Waals surface area (Å²) in [5, 5.41) is 5.21. The van der Waals surface area contributed by atoms with Crippen molar-refractivity contribution in [2.24, 2.45) is 0 Å². The minimum atomic E-state index is -0.0748. The Morgan fingerprint density at radius 1 is 0.439 bits per heavy atom. The highest BCUT2D eigenvalue weighted by molar-refractivity contribution is 6.90. The first kappa shape index (κ1) is 38.9. The fourth-order valence-corrected chi connectivity index (χ4v) is 11.1. The molecule has 5 nitrogen and oxygen atoms in total. The highest BCUT2D eigenvalue weighted by Crippen LogP contribution is 2.48. The Morgan fingerprint density at radius 3 is 1.73 bits per heavy atom. The van der Waals surface area contributed by atoms with Crippen LogP contribution in [0.25, 0.3) is 106 Å². The summed E-state index contributed by atoms with van der Waals surface area (Å²) in [6.45, 7) is 16.4. The second-order valence-corrected chi connectivity index (χ2v) is 20.5. The van der Waals surface area contributed by atoms with Gasteiger partial charge in [-0.2, -0.15) is 0 Å². The highest BCUT2D eigenvalue weighted by Gasteiger charge is 2.43. The van der Waals surface area contributed by atoms with Gasteiger partial charge in [0.05, 0.1) is 11.0 Å². The maximum absolute atomic E-state index is 5.15. The maximum Gasteiger partial charge on any atom is 0.333 e. The Hall–Kier alpha value is -7.57. The molecule has 0 bridgehead atoms. The number of fused-ring (bicyclic) bond motifs is 10. The molecule has 5 heterocycles. The van der Waals surface area contributed by atoms with Crippen LogP contribution in [0.1, 0.15) is 58.2 Å². The van der Waals surface area contributed by atoms with E-state index < -0.39 is 0 Å². The molecular weight excluding hydrogens is 802 g/mol. The van der Waals surface area contributed by atoms with Gasteiger partial charge in [0.1, 0.15) is 0 Å². The molecule has 0 aliphatic carbocycles. The van der Waals surface area contributed by atoms with E-state index in [2.05, 4.69) is 185 Å². The normalized spacial score (nSPS) is 13.0. The molecule has 0 radical (unpaired) electrons. The Kier molecular flexibility index (Phi) is 8.08. The zero-order valence-corrected chi connectivity index (χ0v) is 38.4. The molecule has 11 aromatic rings. The molecule has 316 valence electrons. The van der Waals surface area contributed by atoms with E-state index in [0.717, 1.165) is 22.3 Å². The van der Waals surface area contributed by atoms with E-state index in [4.69, 9.17) is 15.0 Å². The monoisotopic (exact) mass is 849 g/mol. The second kappa shape index (κ2) is 13.7. The molecule has 8 aromatic carbocycles. The highest BCUT2D eigenvalue weighted by atomic mass is 15.0. The van der Waals surface area contributed by atoms with Crippen molar-refractivity contribution in [3.8, 4) is 62.1 Å². The Morgan fingerprint density at radius 2 is 1.03 bits per heavy atom. The summed E-state index contributed by atoms with van der Waals surface area (Å²) in [7, 11) is 0. The number of para-hydroxylation sites is 2. The number of hydrogen-bond donors (Lipinski definition) is 0. The second-order valence-electron chi connectivity index (χ2n) is 20.5. The van der Waals surface area contributed by atoms with E-state index in [1.165, 1.54) is 93.6 Å². The van der Waals surface area contributed by atoms with E-state index in [0.29, 0.717) is 17.5 Å². The molecule has 0 spiro atoms. The maximum atomic E-state index is 5.15. The quantitative estimate of drug-likeness (QED) is 0.166. The largest absolute Gasteiger partial charge is 0.375 e. The van der Waals surface area contributed by atoms with Crippen LogP contribution in [0.4, 0.5) is 0 Å². The molecule has 66 heavy (non-hydrogen) atoms. The van der Waals surface area contributed by atoms with Gasteiger partial charge in [0.2, 0.25) is 0 Å². The number of rotatable bonds is 4. The molecule has 0 amide bonds. The molecule has 0 fully saturated rings. The minimum absolute atomic E-state index is 0.00825. The average molecular weight is 850 g/mol. The standard InChI is InChI=1S/C60H48BN5/c1-35-44(38-22-16-23-39(30-38)58-63-56(36-18-10-8-11-19-36)62-57(64-58)37-20-12-9-13-21-37)34-51-53-52(35)47-33-41(60(5,6)7)32-46-45-31-40(59(2,3)4)28-29-50(45)66(54(46)47)61(53)48-26-17-25-43-42-24-14-15-27-49(42)65(51)55(43)48/h8-34H,1-7H3. The van der Waals surface area contributed by atoms with Gasteiger partial charge < -0.3 is 9.05 Å². The van der Waals surface area contributed by atoms with Gasteiger partial charge in [-0.3, -0.25) is 0 Å². The third-order valence-corrected chi connectivity index (χ3v) is 14.4.